The van der Waals surface area contributed by atoms with Gasteiger partial charge in [0.1, 0.15) is 0 Å². The van der Waals surface area contributed by atoms with E-state index in [0.29, 0.717) is 16.2 Å². The van der Waals surface area contributed by atoms with Gasteiger partial charge in [0.25, 0.3) is 0 Å². The van der Waals surface area contributed by atoms with Crippen LogP contribution in [0.25, 0.3) is 0 Å². The van der Waals surface area contributed by atoms with E-state index in [1.807, 2.05) is 23.9 Å². The maximum atomic E-state index is 11.2. The molecule has 30 heavy (non-hydrogen) atoms. The van der Waals surface area contributed by atoms with Gasteiger partial charge in [0.15, 0.2) is 10.7 Å². The Bertz CT molecular complexity index is 1030. The van der Waals surface area contributed by atoms with E-state index in [2.05, 4.69) is 56.9 Å². The van der Waals surface area contributed by atoms with Crippen LogP contribution < -0.4 is 0 Å². The Kier molecular flexibility index (Phi) is 6.11. The Hall–Kier alpha value is -1.63. The van der Waals surface area contributed by atoms with Crippen molar-refractivity contribution in [1.29, 1.82) is 0 Å². The van der Waals surface area contributed by atoms with Gasteiger partial charge in [-0.2, -0.15) is 0 Å². The Morgan fingerprint density at radius 2 is 1.83 bits per heavy atom. The molecule has 0 bridgehead atoms. The van der Waals surface area contributed by atoms with Crippen molar-refractivity contribution in [2.45, 2.75) is 63.4 Å². The quantitative estimate of drug-likeness (QED) is 0.708. The highest BCUT2D eigenvalue weighted by Crippen LogP contribution is 2.39. The molecule has 2 atom stereocenters. The van der Waals surface area contributed by atoms with Crippen molar-refractivity contribution < 1.29 is 8.42 Å². The monoisotopic (exact) mass is 442 g/mol. The summed E-state index contributed by atoms with van der Waals surface area (Å²) in [5, 5.41) is 1.67. The van der Waals surface area contributed by atoms with Crippen LogP contribution in [0.4, 0.5) is 0 Å². The molecule has 2 aliphatic rings. The Labute approximate surface area is 185 Å². The SMILES string of the molecule is CC1SC(c2ccc(CN3CCc4cc([SH](=O)=O)ccc4C3)cc2)=NC1C(C)(C)C. The third kappa shape index (κ3) is 4.66. The van der Waals surface area contributed by atoms with Crippen LogP contribution in [0.3, 0.4) is 0 Å². The van der Waals surface area contributed by atoms with Gasteiger partial charge >= 0.3 is 0 Å². The second-order valence-corrected chi connectivity index (χ2v) is 11.8. The predicted octanol–water partition coefficient (Wildman–Crippen LogP) is 4.51. The first-order chi connectivity index (χ1) is 14.2. The molecule has 0 spiro atoms. The summed E-state index contributed by atoms with van der Waals surface area (Å²) >= 11 is 1.89. The van der Waals surface area contributed by atoms with Crippen LogP contribution in [0, 0.1) is 5.41 Å². The smallest absolute Gasteiger partial charge is 0.168 e. The number of nitrogens with zero attached hydrogens (tertiary/aromatic N) is 2. The standard InChI is InChI=1S/C24H30N2O2S2/c1-16-22(24(2,3)4)25-23(29-16)18-7-5-17(6-8-18)14-26-12-11-19-13-21(30(27)28)10-9-20(19)15-26/h5-10,13,16,22,30H,11-12,14-15H2,1-4H3. The van der Waals surface area contributed by atoms with E-state index in [1.165, 1.54) is 16.7 Å². The van der Waals surface area contributed by atoms with Crippen LogP contribution in [0.1, 0.15) is 49.9 Å². The number of hydrogen-bond acceptors (Lipinski definition) is 5. The van der Waals surface area contributed by atoms with Crippen molar-refractivity contribution in [3.05, 3.63) is 64.7 Å². The van der Waals surface area contributed by atoms with E-state index in [-0.39, 0.29) is 5.41 Å². The highest BCUT2D eigenvalue weighted by atomic mass is 32.2. The Morgan fingerprint density at radius 3 is 2.47 bits per heavy atom. The van der Waals surface area contributed by atoms with Crippen LogP contribution in [0.2, 0.25) is 0 Å². The van der Waals surface area contributed by atoms with E-state index >= 15 is 0 Å². The summed E-state index contributed by atoms with van der Waals surface area (Å²) in [6.07, 6.45) is 0.893. The first-order valence-corrected chi connectivity index (χ1v) is 12.6. The highest BCUT2D eigenvalue weighted by Gasteiger charge is 2.35. The van der Waals surface area contributed by atoms with Crippen molar-refractivity contribution in [1.82, 2.24) is 4.90 Å². The topological polar surface area (TPSA) is 49.7 Å². The van der Waals surface area contributed by atoms with Gasteiger partial charge in [-0.3, -0.25) is 9.89 Å². The van der Waals surface area contributed by atoms with Crippen molar-refractivity contribution in [2.24, 2.45) is 10.4 Å². The summed E-state index contributed by atoms with van der Waals surface area (Å²) in [6, 6.07) is 14.7. The fourth-order valence-electron chi connectivity index (χ4n) is 4.40. The van der Waals surface area contributed by atoms with Gasteiger partial charge in [0.05, 0.1) is 16.0 Å². The normalized spacial score (nSPS) is 22.2. The molecular weight excluding hydrogens is 412 g/mol. The van der Waals surface area contributed by atoms with Crippen molar-refractivity contribution in [2.75, 3.05) is 6.54 Å². The molecule has 0 saturated heterocycles. The predicted molar refractivity (Wildman–Crippen MR) is 126 cm³/mol. The minimum atomic E-state index is -2.51. The molecule has 2 aliphatic heterocycles. The molecular formula is C24H30N2O2S2. The number of fused-ring (bicyclic) bond motifs is 1. The second kappa shape index (κ2) is 8.48. The molecule has 2 unspecified atom stereocenters. The van der Waals surface area contributed by atoms with Gasteiger partial charge in [-0.05, 0) is 40.7 Å². The molecule has 0 aromatic heterocycles. The molecule has 0 aliphatic carbocycles. The van der Waals surface area contributed by atoms with Crippen molar-refractivity contribution in [3.8, 4) is 0 Å². The number of benzene rings is 2. The fourth-order valence-corrected chi connectivity index (χ4v) is 6.25. The maximum absolute atomic E-state index is 11.2. The molecule has 4 rings (SSSR count). The van der Waals surface area contributed by atoms with Gasteiger partial charge in [0, 0.05) is 30.4 Å². The average molecular weight is 443 g/mol. The zero-order valence-corrected chi connectivity index (χ0v) is 19.8. The minimum absolute atomic E-state index is 0.183. The first-order valence-electron chi connectivity index (χ1n) is 10.5. The summed E-state index contributed by atoms with van der Waals surface area (Å²) in [6.45, 7) is 11.8. The molecule has 2 heterocycles. The van der Waals surface area contributed by atoms with E-state index in [9.17, 15) is 8.42 Å². The molecule has 0 fully saturated rings. The molecule has 4 nitrogen and oxygen atoms in total. The van der Waals surface area contributed by atoms with Gasteiger partial charge in [-0.15, -0.1) is 11.8 Å². The number of thiol groups is 1. The van der Waals surface area contributed by atoms with E-state index in [4.69, 9.17) is 4.99 Å². The molecule has 0 N–H and O–H groups in total. The lowest BCUT2D eigenvalue weighted by atomic mass is 9.85. The minimum Gasteiger partial charge on any atom is -0.294 e. The average Bonchev–Trinajstić information content (AvgIpc) is 3.10. The molecule has 0 radical (unpaired) electrons. The number of aliphatic imine (C=N–C) groups is 1. The summed E-state index contributed by atoms with van der Waals surface area (Å²) in [4.78, 5) is 7.87. The molecule has 6 heteroatoms. The molecule has 160 valence electrons. The zero-order chi connectivity index (χ0) is 21.5. The van der Waals surface area contributed by atoms with Crippen LogP contribution in [0.15, 0.2) is 52.4 Å². The van der Waals surface area contributed by atoms with Crippen LogP contribution in [-0.2, 0) is 30.2 Å². The number of thioether (sulfide) groups is 1. The van der Waals surface area contributed by atoms with Crippen LogP contribution >= 0.6 is 11.8 Å². The van der Waals surface area contributed by atoms with Crippen molar-refractivity contribution in [3.63, 3.8) is 0 Å². The third-order valence-electron chi connectivity index (χ3n) is 5.98. The molecule has 2 aromatic rings. The van der Waals surface area contributed by atoms with Crippen molar-refractivity contribution >= 4 is 27.5 Å². The van der Waals surface area contributed by atoms with Crippen LogP contribution in [-0.4, -0.2) is 36.2 Å². The van der Waals surface area contributed by atoms with Gasteiger partial charge < -0.3 is 0 Å². The summed E-state index contributed by atoms with van der Waals surface area (Å²) in [5.41, 5.74) is 5.09. The zero-order valence-electron chi connectivity index (χ0n) is 18.1. The Morgan fingerprint density at radius 1 is 1.10 bits per heavy atom. The second-order valence-electron chi connectivity index (χ2n) is 9.44. The number of hydrogen-bond donors (Lipinski definition) is 1. The summed E-state index contributed by atoms with van der Waals surface area (Å²) in [5.74, 6) is 0. The fraction of sp³-hybridized carbons (Fsp3) is 0.458. The largest absolute Gasteiger partial charge is 0.294 e. The summed E-state index contributed by atoms with van der Waals surface area (Å²) < 4.78 is 22.4. The highest BCUT2D eigenvalue weighted by molar-refractivity contribution is 8.15. The maximum Gasteiger partial charge on any atom is 0.168 e. The number of rotatable bonds is 4. The van der Waals surface area contributed by atoms with Crippen LogP contribution in [0.5, 0.6) is 0 Å². The van der Waals surface area contributed by atoms with E-state index in [0.717, 1.165) is 36.7 Å². The molecule has 2 aromatic carbocycles. The third-order valence-corrected chi connectivity index (χ3v) is 7.88. The summed E-state index contributed by atoms with van der Waals surface area (Å²) in [7, 11) is -2.51. The van der Waals surface area contributed by atoms with E-state index < -0.39 is 10.7 Å². The molecule has 0 amide bonds. The molecule has 0 saturated carbocycles. The lowest BCUT2D eigenvalue weighted by Gasteiger charge is -2.29. The lowest BCUT2D eigenvalue weighted by molar-refractivity contribution is 0.245. The van der Waals surface area contributed by atoms with E-state index in [1.54, 1.807) is 6.07 Å². The van der Waals surface area contributed by atoms with Gasteiger partial charge in [-0.25, -0.2) is 8.42 Å². The lowest BCUT2D eigenvalue weighted by Crippen LogP contribution is -2.30. The first kappa shape index (κ1) is 21.6. The Balaban J connectivity index is 1.42. The van der Waals surface area contributed by atoms with Gasteiger partial charge in [-0.1, -0.05) is 58.0 Å². The van der Waals surface area contributed by atoms with Gasteiger partial charge in [0.2, 0.25) is 0 Å².